The molecule has 0 bridgehead atoms. The first-order chi connectivity index (χ1) is 18.0. The summed E-state index contributed by atoms with van der Waals surface area (Å²) in [7, 11) is 7.05. The van der Waals surface area contributed by atoms with Gasteiger partial charge < -0.3 is 28.7 Å². The van der Waals surface area contributed by atoms with E-state index >= 15 is 0 Å². The largest absolute Gasteiger partial charge is 0.493 e. The summed E-state index contributed by atoms with van der Waals surface area (Å²) in [6.45, 7) is 4.63. The molecule has 0 aliphatic carbocycles. The minimum Gasteiger partial charge on any atom is -0.493 e. The second kappa shape index (κ2) is 13.3. The zero-order valence-corrected chi connectivity index (χ0v) is 23.1. The molecule has 2 aromatic carbocycles. The number of nitrogens with zero attached hydrogens (tertiary/aromatic N) is 3. The summed E-state index contributed by atoms with van der Waals surface area (Å²) in [4.78, 5) is 9.85. The zero-order valence-electron chi connectivity index (χ0n) is 22.3. The molecule has 2 heterocycles. The van der Waals surface area contributed by atoms with Gasteiger partial charge in [-0.05, 0) is 55.0 Å². The fourth-order valence-corrected chi connectivity index (χ4v) is 5.91. The van der Waals surface area contributed by atoms with Gasteiger partial charge in [-0.15, -0.1) is 0 Å². The number of piperidine rings is 1. The van der Waals surface area contributed by atoms with Crippen LogP contribution in [0.3, 0.4) is 0 Å². The Balaban J connectivity index is 1.23. The van der Waals surface area contributed by atoms with Crippen LogP contribution >= 0.6 is 11.8 Å². The molecular weight excluding hydrogens is 493 g/mol. The maximum atomic E-state index is 13.0. The Morgan fingerprint density at radius 2 is 1.76 bits per heavy atom. The van der Waals surface area contributed by atoms with E-state index in [0.29, 0.717) is 29.9 Å². The lowest BCUT2D eigenvalue weighted by Gasteiger charge is -2.38. The molecule has 0 aromatic heterocycles. The predicted octanol–water partition coefficient (Wildman–Crippen LogP) is 5.13. The summed E-state index contributed by atoms with van der Waals surface area (Å²) in [5, 5.41) is 1.02. The molecule has 4 rings (SSSR count). The van der Waals surface area contributed by atoms with Gasteiger partial charge in [0.1, 0.15) is 11.5 Å². The highest BCUT2D eigenvalue weighted by molar-refractivity contribution is 8.13. The first-order valence-electron chi connectivity index (χ1n) is 12.8. The number of benzene rings is 2. The Morgan fingerprint density at radius 1 is 1.03 bits per heavy atom. The van der Waals surface area contributed by atoms with Crippen LogP contribution < -0.4 is 14.2 Å². The minimum absolute atomic E-state index is 0.197. The quantitative estimate of drug-likeness (QED) is 0.373. The van der Waals surface area contributed by atoms with Crippen molar-refractivity contribution in [1.29, 1.82) is 0 Å². The van der Waals surface area contributed by atoms with Gasteiger partial charge in [0, 0.05) is 45.1 Å². The van der Waals surface area contributed by atoms with Gasteiger partial charge in [0.05, 0.1) is 27.9 Å². The molecule has 9 heteroatoms. The number of fused-ring (bicyclic) bond motifs is 1. The summed E-state index contributed by atoms with van der Waals surface area (Å²) in [5.74, 6) is 2.48. The van der Waals surface area contributed by atoms with E-state index < -0.39 is 0 Å². The summed E-state index contributed by atoms with van der Waals surface area (Å²) in [5.41, 5.74) is 3.03. The van der Waals surface area contributed by atoms with Crippen molar-refractivity contribution >= 4 is 22.6 Å². The maximum absolute atomic E-state index is 13.0. The second-order valence-corrected chi connectivity index (χ2v) is 10.3. The van der Waals surface area contributed by atoms with Crippen molar-refractivity contribution in [3.05, 3.63) is 47.3 Å². The van der Waals surface area contributed by atoms with E-state index in [1.807, 2.05) is 18.2 Å². The highest BCUT2D eigenvalue weighted by atomic mass is 32.2. The van der Waals surface area contributed by atoms with Gasteiger partial charge in [0.15, 0.2) is 16.7 Å². The van der Waals surface area contributed by atoms with Crippen LogP contribution in [0.4, 0.5) is 10.1 Å². The van der Waals surface area contributed by atoms with Crippen LogP contribution in [0.5, 0.6) is 17.2 Å². The van der Waals surface area contributed by atoms with E-state index in [1.165, 1.54) is 12.1 Å². The van der Waals surface area contributed by atoms with Gasteiger partial charge in [0.2, 0.25) is 5.75 Å². The summed E-state index contributed by atoms with van der Waals surface area (Å²) >= 11 is 1.76. The van der Waals surface area contributed by atoms with Crippen LogP contribution in [-0.4, -0.2) is 82.2 Å². The normalized spacial score (nSPS) is 16.2. The molecule has 202 valence electrons. The maximum Gasteiger partial charge on any atom is 0.205 e. The number of hydrogen-bond acceptors (Lipinski definition) is 8. The SMILES string of the molecule is COc1cc2c(c(OC)c1OC)N=C(N(C)C1CCN(CCCOCCc3ccc(F)cc3)CC1)SC2. The van der Waals surface area contributed by atoms with Crippen LogP contribution in [0.2, 0.25) is 0 Å². The van der Waals surface area contributed by atoms with Crippen LogP contribution in [0.25, 0.3) is 0 Å². The number of amidine groups is 1. The fraction of sp³-hybridized carbons (Fsp3) is 0.536. The van der Waals surface area contributed by atoms with Gasteiger partial charge in [-0.25, -0.2) is 9.38 Å². The van der Waals surface area contributed by atoms with Crippen molar-refractivity contribution in [1.82, 2.24) is 9.80 Å². The average Bonchev–Trinajstić information content (AvgIpc) is 2.94. The molecule has 2 aliphatic rings. The third kappa shape index (κ3) is 6.89. The van der Waals surface area contributed by atoms with Crippen molar-refractivity contribution in [2.75, 3.05) is 61.2 Å². The highest BCUT2D eigenvalue weighted by Crippen LogP contribution is 2.49. The van der Waals surface area contributed by atoms with Crippen LogP contribution in [0.15, 0.2) is 35.3 Å². The summed E-state index contributed by atoms with van der Waals surface area (Å²) in [6, 6.07) is 9.10. The fourth-order valence-electron chi connectivity index (χ4n) is 4.90. The standard InChI is InChI=1S/C28H38FN3O4S/c1-31(28-30-25-21(19-37-28)18-24(33-2)26(34-3)27(25)35-4)23-10-14-32(15-11-23)13-5-16-36-17-12-20-6-8-22(29)9-7-20/h6-9,18,23H,5,10-17,19H2,1-4H3. The third-order valence-corrected chi connectivity index (χ3v) is 8.16. The molecule has 7 nitrogen and oxygen atoms in total. The molecule has 0 unspecified atom stereocenters. The summed E-state index contributed by atoms with van der Waals surface area (Å²) < 4.78 is 35.5. The first-order valence-corrected chi connectivity index (χ1v) is 13.8. The van der Waals surface area contributed by atoms with Gasteiger partial charge in [0.25, 0.3) is 0 Å². The number of rotatable bonds is 11. The van der Waals surface area contributed by atoms with Gasteiger partial charge in [-0.1, -0.05) is 23.9 Å². The summed E-state index contributed by atoms with van der Waals surface area (Å²) in [6.07, 6.45) is 4.06. The Bertz CT molecular complexity index is 1060. The monoisotopic (exact) mass is 531 g/mol. The van der Waals surface area contributed by atoms with Gasteiger partial charge in [-0.3, -0.25) is 0 Å². The van der Waals surface area contributed by atoms with Crippen molar-refractivity contribution in [2.45, 2.75) is 37.5 Å². The predicted molar refractivity (Wildman–Crippen MR) is 147 cm³/mol. The van der Waals surface area contributed by atoms with Crippen LogP contribution in [0, 0.1) is 5.82 Å². The lowest BCUT2D eigenvalue weighted by atomic mass is 10.0. The lowest BCUT2D eigenvalue weighted by molar-refractivity contribution is 0.111. The number of hydrogen-bond donors (Lipinski definition) is 0. The molecular formula is C28H38FN3O4S. The van der Waals surface area contributed by atoms with Crippen molar-refractivity contribution in [3.63, 3.8) is 0 Å². The van der Waals surface area contributed by atoms with Crippen molar-refractivity contribution < 1.29 is 23.3 Å². The van der Waals surface area contributed by atoms with Gasteiger partial charge >= 0.3 is 0 Å². The third-order valence-electron chi connectivity index (χ3n) is 7.06. The molecule has 0 spiro atoms. The van der Waals surface area contributed by atoms with E-state index in [4.69, 9.17) is 23.9 Å². The van der Waals surface area contributed by atoms with E-state index in [9.17, 15) is 4.39 Å². The average molecular weight is 532 g/mol. The van der Waals surface area contributed by atoms with Crippen LogP contribution in [0.1, 0.15) is 30.4 Å². The molecule has 0 atom stereocenters. The van der Waals surface area contributed by atoms with Crippen molar-refractivity contribution in [2.24, 2.45) is 4.99 Å². The molecule has 1 fully saturated rings. The molecule has 1 saturated heterocycles. The number of methoxy groups -OCH3 is 3. The molecule has 0 N–H and O–H groups in total. The van der Waals surface area contributed by atoms with Gasteiger partial charge in [-0.2, -0.15) is 0 Å². The molecule has 2 aliphatic heterocycles. The number of ether oxygens (including phenoxy) is 4. The molecule has 2 aromatic rings. The van der Waals surface area contributed by atoms with E-state index in [-0.39, 0.29) is 5.82 Å². The number of thioether (sulfide) groups is 1. The number of likely N-dealkylation sites (tertiary alicyclic amines) is 1. The van der Waals surface area contributed by atoms with E-state index in [1.54, 1.807) is 33.1 Å². The van der Waals surface area contributed by atoms with E-state index in [2.05, 4.69) is 16.8 Å². The van der Waals surface area contributed by atoms with E-state index in [0.717, 1.165) is 79.7 Å². The van der Waals surface area contributed by atoms with Crippen LogP contribution in [-0.2, 0) is 16.9 Å². The Hall–Kier alpha value is -2.49. The van der Waals surface area contributed by atoms with Crippen molar-refractivity contribution in [3.8, 4) is 17.2 Å². The number of aliphatic imine (C=N–C) groups is 1. The molecule has 0 amide bonds. The highest BCUT2D eigenvalue weighted by Gasteiger charge is 2.29. The topological polar surface area (TPSA) is 55.8 Å². The molecule has 0 radical (unpaired) electrons. The lowest BCUT2D eigenvalue weighted by Crippen LogP contribution is -2.45. The first kappa shape index (κ1) is 27.5. The molecule has 0 saturated carbocycles. The number of halogens is 1. The Labute approximate surface area is 223 Å². The smallest absolute Gasteiger partial charge is 0.205 e. The Kier molecular flexibility index (Phi) is 9.94. The zero-order chi connectivity index (χ0) is 26.2. The minimum atomic E-state index is -0.197. The molecule has 37 heavy (non-hydrogen) atoms. The Morgan fingerprint density at radius 3 is 2.43 bits per heavy atom. The second-order valence-electron chi connectivity index (χ2n) is 9.36.